The molecule has 1 fully saturated rings. The molecule has 0 aliphatic carbocycles. The summed E-state index contributed by atoms with van der Waals surface area (Å²) < 4.78 is 50.7. The van der Waals surface area contributed by atoms with Crippen molar-refractivity contribution in [3.05, 3.63) is 59.5 Å². The highest BCUT2D eigenvalue weighted by atomic mass is 19.2. The van der Waals surface area contributed by atoms with Crippen LogP contribution in [0.1, 0.15) is 37.4 Å². The summed E-state index contributed by atoms with van der Waals surface area (Å²) in [5, 5.41) is 22.3. The molecule has 0 unspecified atom stereocenters. The van der Waals surface area contributed by atoms with Crippen molar-refractivity contribution in [2.45, 2.75) is 31.8 Å². The van der Waals surface area contributed by atoms with E-state index in [1.165, 1.54) is 0 Å². The SMILES string of the molecule is COc1ccc2ncc(N(C)C)c([C@H](O)CCC3(C(=O)O)CCN(CCOc4cc(F)c(F)c(F)c4)CC3)c2c1. The number of aromatic nitrogens is 1. The summed E-state index contributed by atoms with van der Waals surface area (Å²) in [6.45, 7) is 1.48. The van der Waals surface area contributed by atoms with Gasteiger partial charge in [-0.2, -0.15) is 0 Å². The lowest BCUT2D eigenvalue weighted by Gasteiger charge is -2.39. The lowest BCUT2D eigenvalue weighted by Crippen LogP contribution is -2.45. The van der Waals surface area contributed by atoms with Crippen LogP contribution in [0.3, 0.4) is 0 Å². The first-order chi connectivity index (χ1) is 19.0. The second-order valence-corrected chi connectivity index (χ2v) is 10.4. The second-order valence-electron chi connectivity index (χ2n) is 10.4. The number of fused-ring (bicyclic) bond motifs is 1. The molecule has 2 N–H and O–H groups in total. The molecule has 0 spiro atoms. The molecule has 0 radical (unpaired) electrons. The van der Waals surface area contributed by atoms with Crippen molar-refractivity contribution in [2.24, 2.45) is 5.41 Å². The third kappa shape index (κ3) is 6.26. The standard InChI is InChI=1S/C29H34F3N3O5/c1-34(2)24-17-33-23-5-4-18(39-3)14-20(23)26(24)25(36)6-7-29(28(37)38)8-10-35(11-9-29)12-13-40-19-15-21(30)27(32)22(31)16-19/h4-5,14-17,25,36H,6-13H2,1-3H3,(H,37,38)/t25-/m1/s1. The van der Waals surface area contributed by atoms with E-state index in [2.05, 4.69) is 4.98 Å². The first kappa shape index (κ1) is 29.4. The molecule has 1 aromatic heterocycles. The molecule has 1 aliphatic heterocycles. The minimum atomic E-state index is -1.55. The molecule has 1 aliphatic rings. The number of carboxylic acids is 1. The van der Waals surface area contributed by atoms with Gasteiger partial charge < -0.3 is 24.6 Å². The Balaban J connectivity index is 1.40. The molecular formula is C29H34F3N3O5. The average Bonchev–Trinajstić information content (AvgIpc) is 2.94. The van der Waals surface area contributed by atoms with Crippen molar-refractivity contribution in [3.8, 4) is 11.5 Å². The van der Waals surface area contributed by atoms with Gasteiger partial charge in [0.2, 0.25) is 0 Å². The number of ether oxygens (including phenoxy) is 2. The van der Waals surface area contributed by atoms with Crippen molar-refractivity contribution in [1.29, 1.82) is 0 Å². The molecule has 216 valence electrons. The number of benzene rings is 2. The van der Waals surface area contributed by atoms with E-state index < -0.39 is 34.9 Å². The van der Waals surface area contributed by atoms with Gasteiger partial charge in [-0.1, -0.05) is 0 Å². The number of aliphatic hydroxyl groups excluding tert-OH is 1. The topological polar surface area (TPSA) is 95.4 Å². The Morgan fingerprint density at radius 3 is 2.40 bits per heavy atom. The molecule has 2 heterocycles. The number of methoxy groups -OCH3 is 1. The number of rotatable bonds is 11. The highest BCUT2D eigenvalue weighted by Crippen LogP contribution is 2.41. The zero-order valence-corrected chi connectivity index (χ0v) is 22.8. The zero-order valence-electron chi connectivity index (χ0n) is 22.8. The van der Waals surface area contributed by atoms with Crippen LogP contribution in [0.25, 0.3) is 10.9 Å². The molecule has 0 bridgehead atoms. The quantitative estimate of drug-likeness (QED) is 0.323. The third-order valence-electron chi connectivity index (χ3n) is 7.71. The van der Waals surface area contributed by atoms with Gasteiger partial charge in [0.1, 0.15) is 18.1 Å². The average molecular weight is 562 g/mol. The van der Waals surface area contributed by atoms with Crippen molar-refractivity contribution in [1.82, 2.24) is 9.88 Å². The number of piperidine rings is 1. The van der Waals surface area contributed by atoms with Crippen LogP contribution in [0.15, 0.2) is 36.5 Å². The van der Waals surface area contributed by atoms with E-state index in [9.17, 15) is 28.2 Å². The monoisotopic (exact) mass is 561 g/mol. The van der Waals surface area contributed by atoms with E-state index in [0.717, 1.165) is 23.2 Å². The number of carboxylic acid groups (broad SMARTS) is 1. The molecule has 4 rings (SSSR count). The molecule has 1 saturated heterocycles. The van der Waals surface area contributed by atoms with Crippen LogP contribution >= 0.6 is 0 Å². The molecule has 3 aromatic rings. The van der Waals surface area contributed by atoms with Gasteiger partial charge in [0.25, 0.3) is 0 Å². The molecule has 0 saturated carbocycles. The van der Waals surface area contributed by atoms with Crippen LogP contribution in [0.2, 0.25) is 0 Å². The summed E-state index contributed by atoms with van der Waals surface area (Å²) in [4.78, 5) is 20.8. The number of aliphatic carboxylic acids is 1. The molecule has 11 heteroatoms. The Morgan fingerprint density at radius 1 is 1.12 bits per heavy atom. The Kier molecular flexibility index (Phi) is 9.05. The Bertz CT molecular complexity index is 1340. The van der Waals surface area contributed by atoms with E-state index in [1.54, 1.807) is 19.4 Å². The summed E-state index contributed by atoms with van der Waals surface area (Å²) in [6, 6.07) is 7.04. The fraction of sp³-hybridized carbons (Fsp3) is 0.448. The van der Waals surface area contributed by atoms with Gasteiger partial charge in [-0.05, 0) is 57.0 Å². The molecule has 1 atom stereocenters. The second kappa shape index (κ2) is 12.3. The number of hydrogen-bond donors (Lipinski definition) is 2. The van der Waals surface area contributed by atoms with Crippen LogP contribution in [-0.2, 0) is 4.79 Å². The molecule has 0 amide bonds. The van der Waals surface area contributed by atoms with Gasteiger partial charge in [0, 0.05) is 43.7 Å². The first-order valence-corrected chi connectivity index (χ1v) is 13.1. The summed E-state index contributed by atoms with van der Waals surface area (Å²) in [7, 11) is 5.29. The smallest absolute Gasteiger partial charge is 0.309 e. The van der Waals surface area contributed by atoms with E-state index in [1.807, 2.05) is 36.0 Å². The van der Waals surface area contributed by atoms with Crippen LogP contribution in [0.4, 0.5) is 18.9 Å². The number of aliphatic hydroxyl groups is 1. The number of hydrogen-bond acceptors (Lipinski definition) is 7. The maximum Gasteiger partial charge on any atom is 0.309 e. The first-order valence-electron chi connectivity index (χ1n) is 13.1. The molecular weight excluding hydrogens is 527 g/mol. The van der Waals surface area contributed by atoms with Crippen LogP contribution in [0.5, 0.6) is 11.5 Å². The number of pyridine rings is 1. The summed E-state index contributed by atoms with van der Waals surface area (Å²) in [5.74, 6) is -4.57. The van der Waals surface area contributed by atoms with Gasteiger partial charge in [0.15, 0.2) is 17.5 Å². The van der Waals surface area contributed by atoms with E-state index in [-0.39, 0.29) is 25.2 Å². The van der Waals surface area contributed by atoms with Gasteiger partial charge in [-0.15, -0.1) is 0 Å². The lowest BCUT2D eigenvalue weighted by molar-refractivity contribution is -0.153. The molecule has 40 heavy (non-hydrogen) atoms. The summed E-state index contributed by atoms with van der Waals surface area (Å²) in [6.07, 6.45) is 2.06. The number of likely N-dealkylation sites (tertiary alicyclic amines) is 1. The van der Waals surface area contributed by atoms with Gasteiger partial charge in [-0.25, -0.2) is 13.2 Å². The Labute approximate surface area is 230 Å². The highest BCUT2D eigenvalue weighted by molar-refractivity contribution is 5.88. The zero-order chi connectivity index (χ0) is 29.0. The van der Waals surface area contributed by atoms with Gasteiger partial charge >= 0.3 is 5.97 Å². The van der Waals surface area contributed by atoms with Gasteiger partial charge in [0.05, 0.1) is 36.0 Å². The van der Waals surface area contributed by atoms with E-state index >= 15 is 0 Å². The number of nitrogens with zero attached hydrogens (tertiary/aromatic N) is 3. The maximum absolute atomic E-state index is 13.4. The predicted octanol–water partition coefficient (Wildman–Crippen LogP) is 4.79. The van der Waals surface area contributed by atoms with Crippen LogP contribution < -0.4 is 14.4 Å². The molecule has 8 nitrogen and oxygen atoms in total. The largest absolute Gasteiger partial charge is 0.497 e. The fourth-order valence-electron chi connectivity index (χ4n) is 5.26. The van der Waals surface area contributed by atoms with Crippen molar-refractivity contribution >= 4 is 22.6 Å². The van der Waals surface area contributed by atoms with Crippen molar-refractivity contribution in [2.75, 3.05) is 52.3 Å². The van der Waals surface area contributed by atoms with E-state index in [4.69, 9.17) is 9.47 Å². The number of anilines is 1. The third-order valence-corrected chi connectivity index (χ3v) is 7.71. The molecule has 2 aromatic carbocycles. The summed E-state index contributed by atoms with van der Waals surface area (Å²) in [5.41, 5.74) is 1.13. The Hall–Kier alpha value is -3.57. The van der Waals surface area contributed by atoms with Crippen LogP contribution in [-0.4, -0.2) is 73.5 Å². The number of halogens is 3. The minimum Gasteiger partial charge on any atom is -0.497 e. The van der Waals surface area contributed by atoms with Crippen LogP contribution in [0, 0.1) is 22.9 Å². The minimum absolute atomic E-state index is 0.106. The maximum atomic E-state index is 13.4. The highest BCUT2D eigenvalue weighted by Gasteiger charge is 2.41. The normalized spacial score (nSPS) is 16.1. The Morgan fingerprint density at radius 2 is 1.80 bits per heavy atom. The predicted molar refractivity (Wildman–Crippen MR) is 144 cm³/mol. The van der Waals surface area contributed by atoms with E-state index in [0.29, 0.717) is 49.3 Å². The van der Waals surface area contributed by atoms with Gasteiger partial charge in [-0.3, -0.25) is 14.7 Å². The fourth-order valence-corrected chi connectivity index (χ4v) is 5.26. The summed E-state index contributed by atoms with van der Waals surface area (Å²) >= 11 is 0. The lowest BCUT2D eigenvalue weighted by atomic mass is 9.74. The number of carbonyl (C=O) groups is 1. The van der Waals surface area contributed by atoms with Crippen molar-refractivity contribution < 1.29 is 37.7 Å². The van der Waals surface area contributed by atoms with Crippen molar-refractivity contribution in [3.63, 3.8) is 0 Å².